The zero-order valence-electron chi connectivity index (χ0n) is 17.9. The molecule has 150 valence electrons. The van der Waals surface area contributed by atoms with Crippen LogP contribution < -0.4 is 0 Å². The predicted molar refractivity (Wildman–Crippen MR) is 116 cm³/mol. The highest BCUT2D eigenvalue weighted by atomic mass is 16.2. The number of amides is 1. The summed E-state index contributed by atoms with van der Waals surface area (Å²) in [5.74, 6) is 1.72. The number of carbonyl (C=O) groups is 1. The van der Waals surface area contributed by atoms with Crippen LogP contribution in [0.15, 0.2) is 43.0 Å². The third kappa shape index (κ3) is 8.11. The van der Waals surface area contributed by atoms with E-state index >= 15 is 0 Å². The topological polar surface area (TPSA) is 33.2 Å². The molecule has 1 aliphatic heterocycles. The maximum atomic E-state index is 12.7. The maximum Gasteiger partial charge on any atom is 0.272 e. The van der Waals surface area contributed by atoms with Gasteiger partial charge in [-0.15, -0.1) is 0 Å². The van der Waals surface area contributed by atoms with Gasteiger partial charge in [0.25, 0.3) is 5.91 Å². The van der Waals surface area contributed by atoms with E-state index in [9.17, 15) is 4.79 Å². The molecule has 2 atom stereocenters. The highest BCUT2D eigenvalue weighted by Gasteiger charge is 2.22. The summed E-state index contributed by atoms with van der Waals surface area (Å²) in [6, 6.07) is 5.82. The Kier molecular flexibility index (Phi) is 10.7. The van der Waals surface area contributed by atoms with Crippen molar-refractivity contribution in [1.29, 1.82) is 0 Å². The first kappa shape index (κ1) is 23.1. The van der Waals surface area contributed by atoms with E-state index in [2.05, 4.69) is 52.3 Å². The lowest BCUT2D eigenvalue weighted by Crippen LogP contribution is -2.38. The Labute approximate surface area is 166 Å². The van der Waals surface area contributed by atoms with E-state index < -0.39 is 0 Å². The molecule has 2 unspecified atom stereocenters. The summed E-state index contributed by atoms with van der Waals surface area (Å²) in [6.45, 7) is 16.3. The van der Waals surface area contributed by atoms with Crippen LogP contribution in [-0.4, -0.2) is 28.9 Å². The third-order valence-corrected chi connectivity index (χ3v) is 5.08. The normalized spacial score (nSPS) is 17.1. The van der Waals surface area contributed by atoms with Crippen molar-refractivity contribution in [2.45, 2.75) is 60.3 Å². The first-order valence-electron chi connectivity index (χ1n) is 10.5. The van der Waals surface area contributed by atoms with Gasteiger partial charge in [-0.1, -0.05) is 71.9 Å². The fourth-order valence-electron chi connectivity index (χ4n) is 3.05. The summed E-state index contributed by atoms with van der Waals surface area (Å²) in [5.41, 5.74) is 1.58. The summed E-state index contributed by atoms with van der Waals surface area (Å²) in [7, 11) is 0. The summed E-state index contributed by atoms with van der Waals surface area (Å²) < 4.78 is 0. The fraction of sp³-hybridized carbons (Fsp3) is 0.583. The van der Waals surface area contributed by atoms with Crippen LogP contribution in [0.1, 0.15) is 70.1 Å². The molecule has 1 aliphatic rings. The van der Waals surface area contributed by atoms with Crippen LogP contribution in [0.2, 0.25) is 0 Å². The predicted octanol–water partition coefficient (Wildman–Crippen LogP) is 5.93. The highest BCUT2D eigenvalue weighted by Crippen LogP contribution is 2.20. The SMILES string of the molecule is C=C/C=C\C(C)C(C)Cc1cccc(C(=O)N2CCC(C)CC2)n1.CCC. The van der Waals surface area contributed by atoms with Crippen molar-refractivity contribution < 1.29 is 4.79 Å². The van der Waals surface area contributed by atoms with Gasteiger partial charge in [-0.3, -0.25) is 4.79 Å². The second-order valence-electron chi connectivity index (χ2n) is 7.86. The Morgan fingerprint density at radius 3 is 2.52 bits per heavy atom. The van der Waals surface area contributed by atoms with Crippen molar-refractivity contribution in [3.05, 3.63) is 54.4 Å². The summed E-state index contributed by atoms with van der Waals surface area (Å²) in [5, 5.41) is 0. The number of piperidine rings is 1. The van der Waals surface area contributed by atoms with Crippen LogP contribution in [0.3, 0.4) is 0 Å². The molecule has 1 saturated heterocycles. The Morgan fingerprint density at radius 1 is 1.30 bits per heavy atom. The number of rotatable bonds is 6. The van der Waals surface area contributed by atoms with Gasteiger partial charge in [-0.25, -0.2) is 4.98 Å². The monoisotopic (exact) mass is 370 g/mol. The van der Waals surface area contributed by atoms with E-state index in [-0.39, 0.29) is 5.91 Å². The molecule has 1 fully saturated rings. The molecule has 3 heteroatoms. The number of hydrogen-bond acceptors (Lipinski definition) is 2. The van der Waals surface area contributed by atoms with Crippen molar-refractivity contribution >= 4 is 5.91 Å². The van der Waals surface area contributed by atoms with Crippen LogP contribution in [0, 0.1) is 17.8 Å². The van der Waals surface area contributed by atoms with Gasteiger partial charge in [0.05, 0.1) is 0 Å². The molecule has 2 heterocycles. The molecule has 0 radical (unpaired) electrons. The van der Waals surface area contributed by atoms with E-state index in [1.165, 1.54) is 6.42 Å². The number of nitrogens with zero attached hydrogens (tertiary/aromatic N) is 2. The van der Waals surface area contributed by atoms with Crippen LogP contribution in [0.25, 0.3) is 0 Å². The van der Waals surface area contributed by atoms with Crippen LogP contribution in [0.5, 0.6) is 0 Å². The van der Waals surface area contributed by atoms with Crippen molar-refractivity contribution in [3.8, 4) is 0 Å². The minimum atomic E-state index is 0.0796. The number of aromatic nitrogens is 1. The lowest BCUT2D eigenvalue weighted by molar-refractivity contribution is 0.0691. The van der Waals surface area contributed by atoms with E-state index in [1.807, 2.05) is 29.2 Å². The van der Waals surface area contributed by atoms with E-state index in [0.29, 0.717) is 17.5 Å². The highest BCUT2D eigenvalue weighted by molar-refractivity contribution is 5.92. The third-order valence-electron chi connectivity index (χ3n) is 5.08. The van der Waals surface area contributed by atoms with Crippen molar-refractivity contribution in [2.24, 2.45) is 17.8 Å². The molecule has 0 bridgehead atoms. The van der Waals surface area contributed by atoms with Crippen LogP contribution >= 0.6 is 0 Å². The first-order valence-corrected chi connectivity index (χ1v) is 10.5. The second kappa shape index (κ2) is 12.5. The van der Waals surface area contributed by atoms with Gasteiger partial charge in [-0.2, -0.15) is 0 Å². The van der Waals surface area contributed by atoms with E-state index in [4.69, 9.17) is 0 Å². The average molecular weight is 371 g/mol. The van der Waals surface area contributed by atoms with Crippen LogP contribution in [-0.2, 0) is 6.42 Å². The molecule has 27 heavy (non-hydrogen) atoms. The van der Waals surface area contributed by atoms with E-state index in [0.717, 1.165) is 44.0 Å². The van der Waals surface area contributed by atoms with Gasteiger partial charge >= 0.3 is 0 Å². The molecule has 1 aromatic rings. The minimum absolute atomic E-state index is 0.0796. The zero-order chi connectivity index (χ0) is 20.2. The number of pyridine rings is 1. The smallest absolute Gasteiger partial charge is 0.272 e. The number of allylic oxidation sites excluding steroid dienone is 3. The Bertz CT molecular complexity index is 600. The molecular weight excluding hydrogens is 332 g/mol. The Morgan fingerprint density at radius 2 is 1.93 bits per heavy atom. The van der Waals surface area contributed by atoms with Gasteiger partial charge in [0, 0.05) is 18.8 Å². The maximum absolute atomic E-state index is 12.7. The molecule has 1 aromatic heterocycles. The molecule has 1 amide bonds. The Balaban J connectivity index is 0.00000114. The van der Waals surface area contributed by atoms with E-state index in [1.54, 1.807) is 6.08 Å². The number of likely N-dealkylation sites (tertiary alicyclic amines) is 1. The van der Waals surface area contributed by atoms with Crippen molar-refractivity contribution in [1.82, 2.24) is 9.88 Å². The summed E-state index contributed by atoms with van der Waals surface area (Å²) in [6.07, 6.45) is 10.3. The molecule has 2 rings (SSSR count). The summed E-state index contributed by atoms with van der Waals surface area (Å²) in [4.78, 5) is 19.2. The molecule has 0 spiro atoms. The average Bonchev–Trinajstić information content (AvgIpc) is 2.67. The molecule has 0 aromatic carbocycles. The van der Waals surface area contributed by atoms with Gasteiger partial charge in [0.15, 0.2) is 0 Å². The molecule has 0 N–H and O–H groups in total. The lowest BCUT2D eigenvalue weighted by atomic mass is 9.91. The van der Waals surface area contributed by atoms with Gasteiger partial charge in [0.1, 0.15) is 5.69 Å². The first-order chi connectivity index (χ1) is 12.9. The van der Waals surface area contributed by atoms with Gasteiger partial charge in [-0.05, 0) is 49.1 Å². The fourth-order valence-corrected chi connectivity index (χ4v) is 3.05. The molecule has 3 nitrogen and oxygen atoms in total. The Hall–Kier alpha value is -1.90. The second-order valence-corrected chi connectivity index (χ2v) is 7.86. The summed E-state index contributed by atoms with van der Waals surface area (Å²) >= 11 is 0. The largest absolute Gasteiger partial charge is 0.337 e. The lowest BCUT2D eigenvalue weighted by Gasteiger charge is -2.30. The number of hydrogen-bond donors (Lipinski definition) is 0. The standard InChI is InChI=1S/C21H30N2O.C3H8/c1-5-6-8-17(3)18(4)15-19-9-7-10-20(22-19)21(24)23-13-11-16(2)12-14-23;1-3-2/h5-10,16-18H,1,11-15H2,2-4H3;3H2,1-2H3/b8-6-;. The van der Waals surface area contributed by atoms with Gasteiger partial charge in [0.2, 0.25) is 0 Å². The van der Waals surface area contributed by atoms with Crippen LogP contribution in [0.4, 0.5) is 0 Å². The molecule has 0 aliphatic carbocycles. The van der Waals surface area contributed by atoms with Crippen molar-refractivity contribution in [3.63, 3.8) is 0 Å². The number of carbonyl (C=O) groups excluding carboxylic acids is 1. The molecular formula is C24H38N2O. The minimum Gasteiger partial charge on any atom is -0.337 e. The quantitative estimate of drug-likeness (QED) is 0.582. The van der Waals surface area contributed by atoms with Crippen molar-refractivity contribution in [2.75, 3.05) is 13.1 Å². The zero-order valence-corrected chi connectivity index (χ0v) is 17.9. The molecule has 0 saturated carbocycles. The van der Waals surface area contributed by atoms with Gasteiger partial charge < -0.3 is 4.90 Å².